The molecule has 5 nitrogen and oxygen atoms in total. The summed E-state index contributed by atoms with van der Waals surface area (Å²) in [6, 6.07) is 0. The van der Waals surface area contributed by atoms with E-state index in [1.807, 2.05) is 0 Å². The fourth-order valence-electron chi connectivity index (χ4n) is 2.10. The van der Waals surface area contributed by atoms with Gasteiger partial charge in [0.25, 0.3) is 0 Å². The van der Waals surface area contributed by atoms with Gasteiger partial charge < -0.3 is 5.73 Å². The summed E-state index contributed by atoms with van der Waals surface area (Å²) in [6.07, 6.45) is 5.38. The normalized spacial score (nSPS) is 18.5. The van der Waals surface area contributed by atoms with Crippen molar-refractivity contribution in [2.24, 2.45) is 18.2 Å². The molecule has 0 unspecified atom stereocenters. The van der Waals surface area contributed by atoms with Crippen LogP contribution in [-0.4, -0.2) is 27.3 Å². The lowest BCUT2D eigenvalue weighted by molar-refractivity contribution is 0.0777. The van der Waals surface area contributed by atoms with Crippen molar-refractivity contribution >= 4 is 5.78 Å². The van der Waals surface area contributed by atoms with Crippen LogP contribution >= 0.6 is 0 Å². The van der Waals surface area contributed by atoms with E-state index in [9.17, 15) is 4.79 Å². The number of carbonyl (C=O) groups excluding carboxylic acids is 1. The number of carbonyl (C=O) groups is 1. The van der Waals surface area contributed by atoms with E-state index in [1.54, 1.807) is 7.05 Å². The minimum absolute atomic E-state index is 0.0569. The monoisotopic (exact) mass is 208 g/mol. The Morgan fingerprint density at radius 1 is 1.67 bits per heavy atom. The summed E-state index contributed by atoms with van der Waals surface area (Å²) in [4.78, 5) is 11.9. The lowest BCUT2D eigenvalue weighted by atomic mass is 9.66. The van der Waals surface area contributed by atoms with Gasteiger partial charge in [-0.05, 0) is 24.8 Å². The van der Waals surface area contributed by atoms with Crippen LogP contribution in [0.15, 0.2) is 6.20 Å². The molecular weight excluding hydrogens is 192 g/mol. The molecule has 0 aliphatic heterocycles. The molecule has 1 heterocycles. The number of aromatic nitrogens is 3. The van der Waals surface area contributed by atoms with E-state index in [4.69, 9.17) is 5.73 Å². The van der Waals surface area contributed by atoms with Crippen LogP contribution < -0.4 is 5.73 Å². The van der Waals surface area contributed by atoms with Crippen molar-refractivity contribution in [3.8, 4) is 0 Å². The van der Waals surface area contributed by atoms with Gasteiger partial charge in [0.1, 0.15) is 5.69 Å². The fourth-order valence-corrected chi connectivity index (χ4v) is 2.10. The van der Waals surface area contributed by atoms with Crippen LogP contribution in [0.25, 0.3) is 0 Å². The second-order valence-corrected chi connectivity index (χ2v) is 4.40. The second kappa shape index (κ2) is 3.73. The summed E-state index contributed by atoms with van der Waals surface area (Å²) in [5, 5.41) is 7.46. The molecule has 1 saturated carbocycles. The van der Waals surface area contributed by atoms with Crippen molar-refractivity contribution in [3.05, 3.63) is 11.9 Å². The minimum Gasteiger partial charge on any atom is -0.330 e. The largest absolute Gasteiger partial charge is 0.330 e. The summed E-state index contributed by atoms with van der Waals surface area (Å²) in [5.74, 6) is 0.104. The molecule has 0 radical (unpaired) electrons. The van der Waals surface area contributed by atoms with Crippen molar-refractivity contribution in [2.75, 3.05) is 6.54 Å². The Kier molecular flexibility index (Phi) is 2.56. The van der Waals surface area contributed by atoms with E-state index in [0.29, 0.717) is 18.7 Å². The van der Waals surface area contributed by atoms with Crippen LogP contribution in [0.5, 0.6) is 0 Å². The fraction of sp³-hybridized carbons (Fsp3) is 0.700. The average molecular weight is 208 g/mol. The Morgan fingerprint density at radius 2 is 2.40 bits per heavy atom. The van der Waals surface area contributed by atoms with Crippen molar-refractivity contribution in [3.63, 3.8) is 0 Å². The number of rotatable bonds is 4. The highest BCUT2D eigenvalue weighted by Crippen LogP contribution is 2.43. The molecule has 1 aliphatic carbocycles. The number of aryl methyl sites for hydroxylation is 1. The van der Waals surface area contributed by atoms with Crippen molar-refractivity contribution in [2.45, 2.75) is 25.7 Å². The Balaban J connectivity index is 2.07. The van der Waals surface area contributed by atoms with E-state index < -0.39 is 0 Å². The highest BCUT2D eigenvalue weighted by molar-refractivity contribution is 5.94. The molecular formula is C10H16N4O. The van der Waals surface area contributed by atoms with Gasteiger partial charge in [0.2, 0.25) is 0 Å². The first-order valence-corrected chi connectivity index (χ1v) is 5.25. The van der Waals surface area contributed by atoms with Crippen LogP contribution in [0, 0.1) is 5.41 Å². The Hall–Kier alpha value is -1.23. The van der Waals surface area contributed by atoms with Crippen molar-refractivity contribution < 1.29 is 4.79 Å². The lowest BCUT2D eigenvalue weighted by Gasteiger charge is -2.40. The molecule has 0 aromatic carbocycles. The number of hydrogen-bond acceptors (Lipinski definition) is 4. The molecule has 2 rings (SSSR count). The molecule has 15 heavy (non-hydrogen) atoms. The first-order chi connectivity index (χ1) is 7.17. The standard InChI is InChI=1S/C10H16N4O/c1-14-8(6-12-13-14)9(15)5-10(7-11)3-2-4-10/h6H,2-5,7,11H2,1H3. The van der Waals surface area contributed by atoms with Gasteiger partial charge in [-0.25, -0.2) is 4.68 Å². The van der Waals surface area contributed by atoms with Crippen LogP contribution in [0.4, 0.5) is 0 Å². The van der Waals surface area contributed by atoms with Gasteiger partial charge in [0, 0.05) is 13.5 Å². The minimum atomic E-state index is 0.0569. The molecule has 1 fully saturated rings. The van der Waals surface area contributed by atoms with E-state index in [0.717, 1.165) is 12.8 Å². The van der Waals surface area contributed by atoms with Gasteiger partial charge in [-0.2, -0.15) is 0 Å². The highest BCUT2D eigenvalue weighted by Gasteiger charge is 2.38. The number of nitrogens with two attached hydrogens (primary N) is 1. The third-order valence-electron chi connectivity index (χ3n) is 3.38. The predicted octanol–water partition coefficient (Wildman–Crippen LogP) is 0.517. The van der Waals surface area contributed by atoms with Gasteiger partial charge >= 0.3 is 0 Å². The van der Waals surface area contributed by atoms with E-state index in [-0.39, 0.29) is 11.2 Å². The maximum atomic E-state index is 11.9. The van der Waals surface area contributed by atoms with E-state index in [1.165, 1.54) is 17.3 Å². The maximum Gasteiger partial charge on any atom is 0.183 e. The van der Waals surface area contributed by atoms with Gasteiger partial charge in [-0.15, -0.1) is 5.10 Å². The Bertz CT molecular complexity index is 362. The summed E-state index contributed by atoms with van der Waals surface area (Å²) >= 11 is 0. The quantitative estimate of drug-likeness (QED) is 0.732. The molecule has 0 bridgehead atoms. The zero-order valence-electron chi connectivity index (χ0n) is 8.94. The zero-order valence-corrected chi connectivity index (χ0v) is 8.94. The van der Waals surface area contributed by atoms with E-state index >= 15 is 0 Å². The second-order valence-electron chi connectivity index (χ2n) is 4.40. The molecule has 0 amide bonds. The molecule has 2 N–H and O–H groups in total. The van der Waals surface area contributed by atoms with Crippen LogP contribution in [-0.2, 0) is 7.05 Å². The Labute approximate surface area is 88.6 Å². The summed E-state index contributed by atoms with van der Waals surface area (Å²) in [5.41, 5.74) is 6.35. The molecule has 0 saturated heterocycles. The average Bonchev–Trinajstić information content (AvgIpc) is 2.58. The van der Waals surface area contributed by atoms with Gasteiger partial charge in [-0.3, -0.25) is 4.79 Å². The Morgan fingerprint density at radius 3 is 2.80 bits per heavy atom. The summed E-state index contributed by atoms with van der Waals surface area (Å²) < 4.78 is 1.52. The smallest absolute Gasteiger partial charge is 0.183 e. The third kappa shape index (κ3) is 1.79. The predicted molar refractivity (Wildman–Crippen MR) is 55.3 cm³/mol. The summed E-state index contributed by atoms with van der Waals surface area (Å²) in [7, 11) is 1.73. The molecule has 0 spiro atoms. The number of nitrogens with zero attached hydrogens (tertiary/aromatic N) is 3. The highest BCUT2D eigenvalue weighted by atomic mass is 16.1. The third-order valence-corrected chi connectivity index (χ3v) is 3.38. The molecule has 0 atom stereocenters. The van der Waals surface area contributed by atoms with Gasteiger partial charge in [0.15, 0.2) is 5.78 Å². The topological polar surface area (TPSA) is 73.8 Å². The number of hydrogen-bond donors (Lipinski definition) is 1. The van der Waals surface area contributed by atoms with Crippen LogP contribution in [0.2, 0.25) is 0 Å². The number of Topliss-reactive ketones (excluding diaryl/α,β-unsaturated/α-hetero) is 1. The molecule has 1 aromatic rings. The molecule has 1 aromatic heterocycles. The first kappa shape index (κ1) is 10.3. The molecule has 5 heteroatoms. The van der Waals surface area contributed by atoms with Crippen molar-refractivity contribution in [1.29, 1.82) is 0 Å². The van der Waals surface area contributed by atoms with Gasteiger partial charge in [-0.1, -0.05) is 11.6 Å². The van der Waals surface area contributed by atoms with Gasteiger partial charge in [0.05, 0.1) is 6.20 Å². The SMILES string of the molecule is Cn1nncc1C(=O)CC1(CN)CCC1. The maximum absolute atomic E-state index is 11.9. The van der Waals surface area contributed by atoms with Crippen molar-refractivity contribution in [1.82, 2.24) is 15.0 Å². The summed E-state index contributed by atoms with van der Waals surface area (Å²) in [6.45, 7) is 0.601. The van der Waals surface area contributed by atoms with Crippen LogP contribution in [0.3, 0.4) is 0 Å². The molecule has 1 aliphatic rings. The lowest BCUT2D eigenvalue weighted by Crippen LogP contribution is -2.39. The van der Waals surface area contributed by atoms with E-state index in [2.05, 4.69) is 10.3 Å². The first-order valence-electron chi connectivity index (χ1n) is 5.25. The number of ketones is 1. The molecule has 82 valence electrons. The van der Waals surface area contributed by atoms with Crippen LogP contribution in [0.1, 0.15) is 36.2 Å². The zero-order chi connectivity index (χ0) is 10.9.